The van der Waals surface area contributed by atoms with E-state index in [0.29, 0.717) is 6.04 Å². The molecule has 0 rings (SSSR count). The van der Waals surface area contributed by atoms with Crippen molar-refractivity contribution < 1.29 is 4.74 Å². The average molecular weight is 436 g/mol. The van der Waals surface area contributed by atoms with Crippen molar-refractivity contribution in [1.29, 1.82) is 0 Å². The summed E-state index contributed by atoms with van der Waals surface area (Å²) in [6.45, 7) is 6.37. The van der Waals surface area contributed by atoms with Gasteiger partial charge in [0.25, 0.3) is 0 Å². The van der Waals surface area contributed by atoms with Gasteiger partial charge in [-0.1, -0.05) is 109 Å². The van der Waals surface area contributed by atoms with Crippen LogP contribution in [0.15, 0.2) is 24.3 Å². The molecule has 0 aliphatic rings. The lowest BCUT2D eigenvalue weighted by molar-refractivity contribution is 0.0722. The molecule has 2 nitrogen and oxygen atoms in total. The van der Waals surface area contributed by atoms with E-state index in [4.69, 9.17) is 4.74 Å². The van der Waals surface area contributed by atoms with Gasteiger partial charge in [-0.2, -0.15) is 0 Å². The van der Waals surface area contributed by atoms with Crippen molar-refractivity contribution in [2.45, 2.75) is 135 Å². The van der Waals surface area contributed by atoms with Gasteiger partial charge in [-0.3, -0.25) is 0 Å². The Kier molecular flexibility index (Phi) is 25.2. The molecular formula is C29H57NO. The van der Waals surface area contributed by atoms with Gasteiger partial charge in [0.05, 0.1) is 6.61 Å². The zero-order valence-electron chi connectivity index (χ0n) is 21.9. The van der Waals surface area contributed by atoms with Crippen molar-refractivity contribution in [2.75, 3.05) is 27.3 Å². The van der Waals surface area contributed by atoms with Gasteiger partial charge in [-0.15, -0.1) is 0 Å². The molecule has 0 saturated heterocycles. The Bertz CT molecular complexity index is 388. The molecule has 184 valence electrons. The predicted octanol–water partition coefficient (Wildman–Crippen LogP) is 9.11. The second-order valence-corrected chi connectivity index (χ2v) is 9.48. The summed E-state index contributed by atoms with van der Waals surface area (Å²) in [4.78, 5) is 2.35. The van der Waals surface area contributed by atoms with Crippen LogP contribution in [0.3, 0.4) is 0 Å². The van der Waals surface area contributed by atoms with Gasteiger partial charge < -0.3 is 9.64 Å². The zero-order chi connectivity index (χ0) is 22.8. The summed E-state index contributed by atoms with van der Waals surface area (Å²) in [6, 6.07) is 0.587. The lowest BCUT2D eigenvalue weighted by Crippen LogP contribution is -2.32. The minimum Gasteiger partial charge on any atom is -0.380 e. The fraction of sp³-hybridized carbons (Fsp3) is 0.862. The molecule has 0 aromatic heterocycles. The van der Waals surface area contributed by atoms with Gasteiger partial charge in [0.2, 0.25) is 0 Å². The molecule has 2 heteroatoms. The van der Waals surface area contributed by atoms with Crippen molar-refractivity contribution in [3.05, 3.63) is 24.3 Å². The fourth-order valence-corrected chi connectivity index (χ4v) is 3.89. The molecule has 0 N–H and O–H groups in total. The summed E-state index contributed by atoms with van der Waals surface area (Å²) >= 11 is 0. The van der Waals surface area contributed by atoms with E-state index in [1.807, 2.05) is 0 Å². The van der Waals surface area contributed by atoms with Crippen LogP contribution >= 0.6 is 0 Å². The van der Waals surface area contributed by atoms with Crippen molar-refractivity contribution in [3.8, 4) is 0 Å². The third-order valence-corrected chi connectivity index (χ3v) is 6.17. The summed E-state index contributed by atoms with van der Waals surface area (Å²) in [5, 5.41) is 0. The second-order valence-electron chi connectivity index (χ2n) is 9.48. The SMILES string of the molecule is CCCCC/C=C\C/C=C\CCCCCCCCC[C@H](COCCCCCC)N(C)C. The van der Waals surface area contributed by atoms with Crippen LogP contribution in [0, 0.1) is 0 Å². The number of likely N-dealkylation sites (N-methyl/N-ethyl adjacent to an activating group) is 1. The average Bonchev–Trinajstić information content (AvgIpc) is 2.76. The zero-order valence-corrected chi connectivity index (χ0v) is 21.9. The molecule has 0 unspecified atom stereocenters. The maximum atomic E-state index is 5.94. The highest BCUT2D eigenvalue weighted by molar-refractivity contribution is 4.92. The first kappa shape index (κ1) is 30.4. The van der Waals surface area contributed by atoms with Gasteiger partial charge in [0, 0.05) is 12.6 Å². The van der Waals surface area contributed by atoms with E-state index in [9.17, 15) is 0 Å². The Balaban J connectivity index is 3.45. The number of hydrogen-bond donors (Lipinski definition) is 0. The molecule has 0 aromatic carbocycles. The Hall–Kier alpha value is -0.600. The molecular weight excluding hydrogens is 378 g/mol. The van der Waals surface area contributed by atoms with Gasteiger partial charge in [-0.05, 0) is 59.0 Å². The molecule has 0 spiro atoms. The second kappa shape index (κ2) is 25.7. The molecule has 0 aliphatic carbocycles. The van der Waals surface area contributed by atoms with Gasteiger partial charge in [-0.25, -0.2) is 0 Å². The van der Waals surface area contributed by atoms with E-state index in [2.05, 4.69) is 57.1 Å². The summed E-state index contributed by atoms with van der Waals surface area (Å²) in [6.07, 6.45) is 33.2. The van der Waals surface area contributed by atoms with Crippen molar-refractivity contribution in [3.63, 3.8) is 0 Å². The molecule has 0 aromatic rings. The fourth-order valence-electron chi connectivity index (χ4n) is 3.89. The minimum absolute atomic E-state index is 0.587. The Morgan fingerprint density at radius 1 is 0.613 bits per heavy atom. The van der Waals surface area contributed by atoms with E-state index in [0.717, 1.165) is 19.6 Å². The van der Waals surface area contributed by atoms with Gasteiger partial charge in [0.15, 0.2) is 0 Å². The third-order valence-electron chi connectivity index (χ3n) is 6.17. The van der Waals surface area contributed by atoms with E-state index in [1.165, 1.54) is 109 Å². The highest BCUT2D eigenvalue weighted by Gasteiger charge is 2.11. The van der Waals surface area contributed by atoms with E-state index in [-0.39, 0.29) is 0 Å². The molecule has 31 heavy (non-hydrogen) atoms. The Morgan fingerprint density at radius 3 is 1.74 bits per heavy atom. The van der Waals surface area contributed by atoms with Crippen LogP contribution in [0.25, 0.3) is 0 Å². The first-order chi connectivity index (χ1) is 15.2. The van der Waals surface area contributed by atoms with Crippen molar-refractivity contribution in [2.24, 2.45) is 0 Å². The number of nitrogens with zero attached hydrogens (tertiary/aromatic N) is 1. The van der Waals surface area contributed by atoms with Crippen LogP contribution in [-0.2, 0) is 4.74 Å². The third kappa shape index (κ3) is 23.9. The van der Waals surface area contributed by atoms with Crippen LogP contribution in [0.2, 0.25) is 0 Å². The van der Waals surface area contributed by atoms with E-state index >= 15 is 0 Å². The van der Waals surface area contributed by atoms with Gasteiger partial charge >= 0.3 is 0 Å². The largest absolute Gasteiger partial charge is 0.380 e. The van der Waals surface area contributed by atoms with E-state index in [1.54, 1.807) is 0 Å². The van der Waals surface area contributed by atoms with Crippen LogP contribution in [0.1, 0.15) is 129 Å². The van der Waals surface area contributed by atoms with Crippen LogP contribution in [0.5, 0.6) is 0 Å². The van der Waals surface area contributed by atoms with Crippen LogP contribution in [-0.4, -0.2) is 38.3 Å². The lowest BCUT2D eigenvalue weighted by Gasteiger charge is -2.24. The minimum atomic E-state index is 0.587. The first-order valence-corrected chi connectivity index (χ1v) is 13.8. The predicted molar refractivity (Wildman–Crippen MR) is 141 cm³/mol. The lowest BCUT2D eigenvalue weighted by atomic mass is 10.0. The standard InChI is InChI=1S/C29H57NO/c1-5-7-9-11-12-13-14-15-16-17-18-19-20-21-22-23-24-26-29(30(3)4)28-31-27-25-10-8-6-2/h12-13,15-16,29H,5-11,14,17-28H2,1-4H3/b13-12-,16-15-/t29-/m1/s1. The van der Waals surface area contributed by atoms with Crippen molar-refractivity contribution in [1.82, 2.24) is 4.90 Å². The number of rotatable bonds is 24. The summed E-state index contributed by atoms with van der Waals surface area (Å²) in [5.74, 6) is 0. The molecule has 1 atom stereocenters. The van der Waals surface area contributed by atoms with Crippen LogP contribution < -0.4 is 0 Å². The smallest absolute Gasteiger partial charge is 0.0621 e. The quantitative estimate of drug-likeness (QED) is 0.111. The normalized spacial score (nSPS) is 13.2. The van der Waals surface area contributed by atoms with E-state index < -0.39 is 0 Å². The molecule has 0 saturated carbocycles. The molecule has 0 bridgehead atoms. The number of hydrogen-bond acceptors (Lipinski definition) is 2. The maximum Gasteiger partial charge on any atom is 0.0621 e. The maximum absolute atomic E-state index is 5.94. The van der Waals surface area contributed by atoms with Crippen LogP contribution in [0.4, 0.5) is 0 Å². The number of allylic oxidation sites excluding steroid dienone is 4. The van der Waals surface area contributed by atoms with Crippen molar-refractivity contribution >= 4 is 0 Å². The molecule has 0 amide bonds. The monoisotopic (exact) mass is 435 g/mol. The molecule has 0 heterocycles. The Morgan fingerprint density at radius 2 is 1.13 bits per heavy atom. The summed E-state index contributed by atoms with van der Waals surface area (Å²) in [5.41, 5.74) is 0. The first-order valence-electron chi connectivity index (χ1n) is 13.8. The number of ether oxygens (including phenoxy) is 1. The highest BCUT2D eigenvalue weighted by atomic mass is 16.5. The molecule has 0 aliphatic heterocycles. The summed E-state index contributed by atoms with van der Waals surface area (Å²) < 4.78 is 5.94. The van der Waals surface area contributed by atoms with Gasteiger partial charge in [0.1, 0.15) is 0 Å². The molecule has 0 radical (unpaired) electrons. The summed E-state index contributed by atoms with van der Waals surface area (Å²) in [7, 11) is 4.40. The highest BCUT2D eigenvalue weighted by Crippen LogP contribution is 2.13. The topological polar surface area (TPSA) is 12.5 Å². The number of unbranched alkanes of at least 4 members (excludes halogenated alkanes) is 13. The molecule has 0 fully saturated rings. The Labute approximate surface area is 196 Å².